The second-order valence-corrected chi connectivity index (χ2v) is 3.92. The SMILES string of the molecule is CCOc1ccc(-c2onc(C)c2N)cc1C. The van der Waals surface area contributed by atoms with Crippen molar-refractivity contribution in [3.8, 4) is 17.1 Å². The van der Waals surface area contributed by atoms with E-state index in [1.165, 1.54) is 0 Å². The highest BCUT2D eigenvalue weighted by Crippen LogP contribution is 2.31. The van der Waals surface area contributed by atoms with Crippen LogP contribution < -0.4 is 10.5 Å². The number of ether oxygens (including phenoxy) is 1. The molecule has 4 nitrogen and oxygen atoms in total. The van der Waals surface area contributed by atoms with Gasteiger partial charge in [-0.05, 0) is 44.5 Å². The van der Waals surface area contributed by atoms with Crippen LogP contribution in [0.1, 0.15) is 18.2 Å². The fourth-order valence-electron chi connectivity index (χ4n) is 1.69. The van der Waals surface area contributed by atoms with Crippen molar-refractivity contribution >= 4 is 5.69 Å². The molecule has 0 radical (unpaired) electrons. The summed E-state index contributed by atoms with van der Waals surface area (Å²) in [6, 6.07) is 5.83. The van der Waals surface area contributed by atoms with E-state index in [9.17, 15) is 0 Å². The van der Waals surface area contributed by atoms with Gasteiger partial charge in [0.1, 0.15) is 17.1 Å². The fraction of sp³-hybridized carbons (Fsp3) is 0.308. The van der Waals surface area contributed by atoms with Crippen LogP contribution in [0.25, 0.3) is 11.3 Å². The number of aromatic nitrogens is 1. The Morgan fingerprint density at radius 3 is 2.65 bits per heavy atom. The van der Waals surface area contributed by atoms with Crippen molar-refractivity contribution < 1.29 is 9.26 Å². The van der Waals surface area contributed by atoms with Crippen LogP contribution in [0.4, 0.5) is 5.69 Å². The number of benzene rings is 1. The third kappa shape index (κ3) is 2.11. The lowest BCUT2D eigenvalue weighted by Gasteiger charge is -2.07. The van der Waals surface area contributed by atoms with Gasteiger partial charge in [-0.1, -0.05) is 5.16 Å². The third-order valence-corrected chi connectivity index (χ3v) is 2.65. The Balaban J connectivity index is 2.41. The van der Waals surface area contributed by atoms with E-state index in [4.69, 9.17) is 15.0 Å². The van der Waals surface area contributed by atoms with Gasteiger partial charge >= 0.3 is 0 Å². The molecule has 0 spiro atoms. The van der Waals surface area contributed by atoms with Crippen molar-refractivity contribution in [1.82, 2.24) is 5.16 Å². The van der Waals surface area contributed by atoms with E-state index in [1.807, 2.05) is 39.0 Å². The highest BCUT2D eigenvalue weighted by molar-refractivity contribution is 5.73. The second-order valence-electron chi connectivity index (χ2n) is 3.92. The maximum Gasteiger partial charge on any atom is 0.190 e. The first-order chi connectivity index (χ1) is 8.13. The molecule has 0 aliphatic rings. The standard InChI is InChI=1S/C13H16N2O2/c1-4-16-11-6-5-10(7-8(11)2)13-12(14)9(3)15-17-13/h5-7H,4,14H2,1-3H3. The average Bonchev–Trinajstić information content (AvgIpc) is 2.63. The Morgan fingerprint density at radius 2 is 2.12 bits per heavy atom. The summed E-state index contributed by atoms with van der Waals surface area (Å²) in [4.78, 5) is 0. The molecule has 0 aliphatic heterocycles. The molecule has 0 aliphatic carbocycles. The van der Waals surface area contributed by atoms with Gasteiger partial charge in [0.2, 0.25) is 0 Å². The summed E-state index contributed by atoms with van der Waals surface area (Å²) in [7, 11) is 0. The highest BCUT2D eigenvalue weighted by Gasteiger charge is 2.12. The van der Waals surface area contributed by atoms with E-state index < -0.39 is 0 Å². The summed E-state index contributed by atoms with van der Waals surface area (Å²) in [5.41, 5.74) is 9.17. The number of nitrogen functional groups attached to an aromatic ring is 1. The molecule has 2 aromatic rings. The van der Waals surface area contributed by atoms with Crippen LogP contribution in [0.2, 0.25) is 0 Å². The first-order valence-corrected chi connectivity index (χ1v) is 5.59. The molecule has 4 heteroatoms. The Hall–Kier alpha value is -1.97. The molecule has 90 valence electrons. The largest absolute Gasteiger partial charge is 0.494 e. The van der Waals surface area contributed by atoms with Crippen molar-refractivity contribution in [2.75, 3.05) is 12.3 Å². The summed E-state index contributed by atoms with van der Waals surface area (Å²) in [5.74, 6) is 1.50. The molecule has 0 amide bonds. The fourth-order valence-corrected chi connectivity index (χ4v) is 1.69. The molecular formula is C13H16N2O2. The second kappa shape index (κ2) is 4.49. The summed E-state index contributed by atoms with van der Waals surface area (Å²) < 4.78 is 10.7. The van der Waals surface area contributed by atoms with Gasteiger partial charge in [-0.15, -0.1) is 0 Å². The van der Waals surface area contributed by atoms with Gasteiger partial charge in [-0.25, -0.2) is 0 Å². The van der Waals surface area contributed by atoms with Crippen molar-refractivity contribution in [2.45, 2.75) is 20.8 Å². The predicted molar refractivity (Wildman–Crippen MR) is 67.0 cm³/mol. The average molecular weight is 232 g/mol. The van der Waals surface area contributed by atoms with E-state index >= 15 is 0 Å². The summed E-state index contributed by atoms with van der Waals surface area (Å²) in [5, 5.41) is 3.85. The lowest BCUT2D eigenvalue weighted by Crippen LogP contribution is -1.94. The minimum Gasteiger partial charge on any atom is -0.494 e. The van der Waals surface area contributed by atoms with Crippen LogP contribution in [-0.2, 0) is 0 Å². The van der Waals surface area contributed by atoms with Gasteiger partial charge in [-0.2, -0.15) is 0 Å². The molecular weight excluding hydrogens is 216 g/mol. The van der Waals surface area contributed by atoms with E-state index in [0.717, 1.165) is 16.9 Å². The molecule has 0 bridgehead atoms. The molecule has 1 aromatic carbocycles. The van der Waals surface area contributed by atoms with Crippen LogP contribution in [-0.4, -0.2) is 11.8 Å². The van der Waals surface area contributed by atoms with Gasteiger partial charge in [0.15, 0.2) is 5.76 Å². The van der Waals surface area contributed by atoms with E-state index in [-0.39, 0.29) is 0 Å². The number of nitrogens with zero attached hydrogens (tertiary/aromatic N) is 1. The molecule has 1 aromatic heterocycles. The normalized spacial score (nSPS) is 10.5. The molecule has 0 unspecified atom stereocenters. The van der Waals surface area contributed by atoms with E-state index in [2.05, 4.69) is 5.16 Å². The van der Waals surface area contributed by atoms with Crippen molar-refractivity contribution in [3.63, 3.8) is 0 Å². The molecule has 2 rings (SSSR count). The van der Waals surface area contributed by atoms with Crippen LogP contribution in [0.5, 0.6) is 5.75 Å². The molecule has 0 saturated heterocycles. The number of nitrogens with two attached hydrogens (primary N) is 1. The van der Waals surface area contributed by atoms with Crippen LogP contribution >= 0.6 is 0 Å². The molecule has 0 fully saturated rings. The van der Waals surface area contributed by atoms with Gasteiger partial charge < -0.3 is 15.0 Å². The van der Waals surface area contributed by atoms with Gasteiger partial charge in [0, 0.05) is 5.56 Å². The number of rotatable bonds is 3. The summed E-state index contributed by atoms with van der Waals surface area (Å²) in [6.07, 6.45) is 0. The third-order valence-electron chi connectivity index (χ3n) is 2.65. The molecule has 0 saturated carbocycles. The van der Waals surface area contributed by atoms with Gasteiger partial charge in [0.25, 0.3) is 0 Å². The van der Waals surface area contributed by atoms with E-state index in [0.29, 0.717) is 23.7 Å². The number of aryl methyl sites for hydroxylation is 2. The molecule has 17 heavy (non-hydrogen) atoms. The molecule has 2 N–H and O–H groups in total. The summed E-state index contributed by atoms with van der Waals surface area (Å²) >= 11 is 0. The maximum absolute atomic E-state index is 5.89. The number of hydrogen-bond acceptors (Lipinski definition) is 4. The quantitative estimate of drug-likeness (QED) is 0.883. The molecule has 0 atom stereocenters. The Morgan fingerprint density at radius 1 is 1.35 bits per heavy atom. The zero-order valence-electron chi connectivity index (χ0n) is 10.3. The first-order valence-electron chi connectivity index (χ1n) is 5.59. The Kier molecular flexibility index (Phi) is 3.04. The predicted octanol–water partition coefficient (Wildman–Crippen LogP) is 2.94. The zero-order valence-corrected chi connectivity index (χ0v) is 10.3. The van der Waals surface area contributed by atoms with Crippen LogP contribution in [0, 0.1) is 13.8 Å². The zero-order chi connectivity index (χ0) is 12.4. The van der Waals surface area contributed by atoms with Gasteiger partial charge in [-0.3, -0.25) is 0 Å². The highest BCUT2D eigenvalue weighted by atomic mass is 16.5. The lowest BCUT2D eigenvalue weighted by molar-refractivity contribution is 0.338. The smallest absolute Gasteiger partial charge is 0.190 e. The van der Waals surface area contributed by atoms with Gasteiger partial charge in [0.05, 0.1) is 6.61 Å². The Labute approximate surface area is 100 Å². The maximum atomic E-state index is 5.89. The van der Waals surface area contributed by atoms with E-state index in [1.54, 1.807) is 0 Å². The van der Waals surface area contributed by atoms with Crippen molar-refractivity contribution in [2.24, 2.45) is 0 Å². The number of hydrogen-bond donors (Lipinski definition) is 1. The first kappa shape index (κ1) is 11.5. The minimum absolute atomic E-state index is 0.591. The minimum atomic E-state index is 0.591. The van der Waals surface area contributed by atoms with Crippen molar-refractivity contribution in [1.29, 1.82) is 0 Å². The number of anilines is 1. The Bertz CT molecular complexity index is 532. The lowest BCUT2D eigenvalue weighted by atomic mass is 10.1. The molecule has 1 heterocycles. The van der Waals surface area contributed by atoms with Crippen molar-refractivity contribution in [3.05, 3.63) is 29.5 Å². The van der Waals surface area contributed by atoms with Crippen LogP contribution in [0.15, 0.2) is 22.7 Å². The van der Waals surface area contributed by atoms with Crippen LogP contribution in [0.3, 0.4) is 0 Å². The summed E-state index contributed by atoms with van der Waals surface area (Å²) in [6.45, 7) is 6.44. The topological polar surface area (TPSA) is 61.3 Å². The monoisotopic (exact) mass is 232 g/mol.